The Hall–Kier alpha value is 0.440. The lowest BCUT2D eigenvalue weighted by Gasteiger charge is -2.38. The molecule has 0 aliphatic carbocycles. The van der Waals surface area contributed by atoms with Gasteiger partial charge in [0.1, 0.15) is 0 Å². The van der Waals surface area contributed by atoms with Gasteiger partial charge in [-0.2, -0.15) is 0 Å². The molecule has 0 bridgehead atoms. The van der Waals surface area contributed by atoms with E-state index in [1.165, 1.54) is 38.8 Å². The molecule has 1 aliphatic rings. The molecule has 0 aromatic heterocycles. The Morgan fingerprint density at radius 1 is 1.31 bits per heavy atom. The van der Waals surface area contributed by atoms with Crippen LogP contribution in [0.1, 0.15) is 53.4 Å². The van der Waals surface area contributed by atoms with Crippen molar-refractivity contribution in [2.45, 2.75) is 59.4 Å². The number of hydrogen-bond donors (Lipinski definition) is 0. The number of rotatable bonds is 6. The Balaban J connectivity index is 2.63. The van der Waals surface area contributed by atoms with Gasteiger partial charge in [-0.15, -0.1) is 0 Å². The molecule has 1 aliphatic heterocycles. The van der Waals surface area contributed by atoms with Gasteiger partial charge in [-0.1, -0.05) is 43.6 Å². The molecule has 0 amide bonds. The molecule has 1 atom stereocenters. The molecular weight excluding hydrogens is 262 g/mol. The molecule has 0 radical (unpaired) electrons. The van der Waals surface area contributed by atoms with E-state index in [1.807, 2.05) is 0 Å². The summed E-state index contributed by atoms with van der Waals surface area (Å²) in [5.41, 5.74) is 0.497. The number of hydrogen-bond acceptors (Lipinski definition) is 1. The average molecular weight is 290 g/mol. The summed E-state index contributed by atoms with van der Waals surface area (Å²) in [4.78, 5) is 2.75. The zero-order chi connectivity index (χ0) is 12.2. The van der Waals surface area contributed by atoms with Crippen molar-refractivity contribution in [2.24, 2.45) is 11.3 Å². The highest BCUT2D eigenvalue weighted by Gasteiger charge is 2.34. The standard InChI is InChI=1S/C14H28BrN/c1-5-14(6-2,10-15)11-16-9-7-8-13(16)12(3)4/h12-13H,5-11H2,1-4H3. The zero-order valence-corrected chi connectivity index (χ0v) is 13.0. The number of likely N-dealkylation sites (tertiary alicyclic amines) is 1. The van der Waals surface area contributed by atoms with E-state index in [9.17, 15) is 0 Å². The summed E-state index contributed by atoms with van der Waals surface area (Å²) in [6.07, 6.45) is 5.38. The van der Waals surface area contributed by atoms with Crippen LogP contribution in [0, 0.1) is 11.3 Å². The van der Waals surface area contributed by atoms with Crippen molar-refractivity contribution in [3.05, 3.63) is 0 Å². The first-order valence-corrected chi connectivity index (χ1v) is 8.00. The predicted octanol–water partition coefficient (Wildman–Crippen LogP) is 4.31. The third-order valence-electron chi connectivity index (χ3n) is 4.51. The molecule has 1 rings (SSSR count). The maximum absolute atomic E-state index is 3.73. The van der Waals surface area contributed by atoms with Gasteiger partial charge in [-0.3, -0.25) is 4.90 Å². The number of nitrogens with zero attached hydrogens (tertiary/aromatic N) is 1. The van der Waals surface area contributed by atoms with Gasteiger partial charge in [0.15, 0.2) is 0 Å². The van der Waals surface area contributed by atoms with E-state index in [0.29, 0.717) is 5.41 Å². The van der Waals surface area contributed by atoms with Crippen LogP contribution in [0.4, 0.5) is 0 Å². The van der Waals surface area contributed by atoms with Gasteiger partial charge in [0, 0.05) is 17.9 Å². The average Bonchev–Trinajstić information content (AvgIpc) is 2.74. The van der Waals surface area contributed by atoms with Crippen LogP contribution in [0.25, 0.3) is 0 Å². The summed E-state index contributed by atoms with van der Waals surface area (Å²) < 4.78 is 0. The quantitative estimate of drug-likeness (QED) is 0.659. The minimum absolute atomic E-state index is 0.497. The van der Waals surface area contributed by atoms with Crippen LogP contribution < -0.4 is 0 Å². The Labute approximate surface area is 110 Å². The summed E-state index contributed by atoms with van der Waals surface area (Å²) in [6.45, 7) is 12.0. The zero-order valence-electron chi connectivity index (χ0n) is 11.4. The van der Waals surface area contributed by atoms with E-state index in [2.05, 4.69) is 48.5 Å². The summed E-state index contributed by atoms with van der Waals surface area (Å²) in [5.74, 6) is 0.809. The van der Waals surface area contributed by atoms with Crippen molar-refractivity contribution in [3.8, 4) is 0 Å². The van der Waals surface area contributed by atoms with Crippen LogP contribution >= 0.6 is 15.9 Å². The fraction of sp³-hybridized carbons (Fsp3) is 1.00. The molecule has 96 valence electrons. The number of halogens is 1. The topological polar surface area (TPSA) is 3.24 Å². The minimum Gasteiger partial charge on any atom is -0.300 e. The monoisotopic (exact) mass is 289 g/mol. The molecule has 0 aromatic rings. The lowest BCUT2D eigenvalue weighted by atomic mass is 9.83. The summed E-state index contributed by atoms with van der Waals surface area (Å²) in [5, 5.41) is 1.15. The van der Waals surface area contributed by atoms with E-state index < -0.39 is 0 Å². The largest absolute Gasteiger partial charge is 0.300 e. The first kappa shape index (κ1) is 14.5. The molecule has 0 spiro atoms. The Bertz CT molecular complexity index is 191. The summed E-state index contributed by atoms with van der Waals surface area (Å²) in [7, 11) is 0. The van der Waals surface area contributed by atoms with Gasteiger partial charge >= 0.3 is 0 Å². The maximum Gasteiger partial charge on any atom is 0.0119 e. The van der Waals surface area contributed by atoms with E-state index in [-0.39, 0.29) is 0 Å². The van der Waals surface area contributed by atoms with Crippen LogP contribution in [0.2, 0.25) is 0 Å². The van der Waals surface area contributed by atoms with Crippen LogP contribution in [-0.4, -0.2) is 29.4 Å². The minimum atomic E-state index is 0.497. The van der Waals surface area contributed by atoms with Crippen LogP contribution in [0.5, 0.6) is 0 Å². The van der Waals surface area contributed by atoms with Crippen molar-refractivity contribution in [1.29, 1.82) is 0 Å². The molecule has 0 aromatic carbocycles. The predicted molar refractivity (Wildman–Crippen MR) is 76.2 cm³/mol. The fourth-order valence-electron chi connectivity index (χ4n) is 2.94. The van der Waals surface area contributed by atoms with E-state index in [1.54, 1.807) is 0 Å². The van der Waals surface area contributed by atoms with Crippen LogP contribution in [-0.2, 0) is 0 Å². The van der Waals surface area contributed by atoms with Crippen molar-refractivity contribution >= 4 is 15.9 Å². The van der Waals surface area contributed by atoms with E-state index in [0.717, 1.165) is 17.3 Å². The molecule has 1 fully saturated rings. The third-order valence-corrected chi connectivity index (χ3v) is 5.70. The first-order valence-electron chi connectivity index (χ1n) is 6.88. The molecular formula is C14H28BrN. The Kier molecular flexibility index (Phi) is 5.79. The van der Waals surface area contributed by atoms with Gasteiger partial charge in [-0.25, -0.2) is 0 Å². The second kappa shape index (κ2) is 6.39. The highest BCUT2D eigenvalue weighted by atomic mass is 79.9. The van der Waals surface area contributed by atoms with E-state index in [4.69, 9.17) is 0 Å². The highest BCUT2D eigenvalue weighted by Crippen LogP contribution is 2.34. The third kappa shape index (κ3) is 3.22. The Morgan fingerprint density at radius 3 is 2.38 bits per heavy atom. The summed E-state index contributed by atoms with van der Waals surface area (Å²) >= 11 is 3.73. The van der Waals surface area contributed by atoms with Crippen LogP contribution in [0.15, 0.2) is 0 Å². The highest BCUT2D eigenvalue weighted by molar-refractivity contribution is 9.09. The van der Waals surface area contributed by atoms with Crippen molar-refractivity contribution in [2.75, 3.05) is 18.4 Å². The van der Waals surface area contributed by atoms with Gasteiger partial charge in [0.2, 0.25) is 0 Å². The molecule has 1 unspecified atom stereocenters. The van der Waals surface area contributed by atoms with Crippen LogP contribution in [0.3, 0.4) is 0 Å². The molecule has 1 saturated heterocycles. The summed E-state index contributed by atoms with van der Waals surface area (Å²) in [6, 6.07) is 0.830. The fourth-order valence-corrected chi connectivity index (χ4v) is 3.91. The maximum atomic E-state index is 3.73. The van der Waals surface area contributed by atoms with E-state index >= 15 is 0 Å². The van der Waals surface area contributed by atoms with Crippen molar-refractivity contribution in [3.63, 3.8) is 0 Å². The smallest absolute Gasteiger partial charge is 0.0119 e. The van der Waals surface area contributed by atoms with Gasteiger partial charge in [-0.05, 0) is 43.6 Å². The molecule has 1 nitrogen and oxygen atoms in total. The molecule has 16 heavy (non-hydrogen) atoms. The SMILES string of the molecule is CCC(CC)(CBr)CN1CCCC1C(C)C. The molecule has 1 heterocycles. The van der Waals surface area contributed by atoms with Crippen molar-refractivity contribution < 1.29 is 0 Å². The normalized spacial score (nSPS) is 23.2. The second-order valence-electron chi connectivity index (χ2n) is 5.76. The molecule has 0 saturated carbocycles. The second-order valence-corrected chi connectivity index (χ2v) is 6.33. The van der Waals surface area contributed by atoms with Crippen molar-refractivity contribution in [1.82, 2.24) is 4.90 Å². The number of alkyl halides is 1. The van der Waals surface area contributed by atoms with Gasteiger partial charge < -0.3 is 0 Å². The lowest BCUT2D eigenvalue weighted by molar-refractivity contribution is 0.125. The first-order chi connectivity index (χ1) is 7.58. The Morgan fingerprint density at radius 2 is 1.94 bits per heavy atom. The van der Waals surface area contributed by atoms with Gasteiger partial charge in [0.25, 0.3) is 0 Å². The molecule has 0 N–H and O–H groups in total. The molecule has 2 heteroatoms. The lowest BCUT2D eigenvalue weighted by Crippen LogP contribution is -2.42. The van der Waals surface area contributed by atoms with Gasteiger partial charge in [0.05, 0.1) is 0 Å².